The van der Waals surface area contributed by atoms with Gasteiger partial charge in [0, 0.05) is 18.7 Å². The van der Waals surface area contributed by atoms with Crippen molar-refractivity contribution >= 4 is 0 Å². The van der Waals surface area contributed by atoms with Gasteiger partial charge in [-0.2, -0.15) is 0 Å². The topological polar surface area (TPSA) is 55.6 Å². The number of nitrogens with zero attached hydrogens (tertiary/aromatic N) is 4. The van der Waals surface area contributed by atoms with Gasteiger partial charge in [-0.1, -0.05) is 6.07 Å². The lowest BCUT2D eigenvalue weighted by molar-refractivity contribution is 0.430. The molecule has 0 aliphatic carbocycles. The van der Waals surface area contributed by atoms with Gasteiger partial charge in [0.25, 0.3) is 0 Å². The molecular weight excluding hydrogens is 252 g/mol. The van der Waals surface area contributed by atoms with Gasteiger partial charge in [0.1, 0.15) is 11.6 Å². The highest BCUT2D eigenvalue weighted by atomic mass is 19.1. The van der Waals surface area contributed by atoms with Crippen LogP contribution in [0.1, 0.15) is 37.3 Å². The van der Waals surface area contributed by atoms with Gasteiger partial charge in [0.2, 0.25) is 0 Å². The van der Waals surface area contributed by atoms with Crippen LogP contribution < -0.4 is 5.32 Å². The van der Waals surface area contributed by atoms with Crippen molar-refractivity contribution in [1.82, 2.24) is 25.5 Å². The molecular formula is C12H15F2N5. The highest BCUT2D eigenvalue weighted by Gasteiger charge is 2.20. The monoisotopic (exact) mass is 267 g/mol. The fraction of sp³-hybridized carbons (Fsp3) is 0.417. The maximum atomic E-state index is 13.6. The van der Waals surface area contributed by atoms with E-state index < -0.39 is 17.7 Å². The van der Waals surface area contributed by atoms with Crippen LogP contribution in [-0.2, 0) is 7.05 Å². The number of benzene rings is 1. The molecule has 0 aliphatic rings. The molecule has 7 heteroatoms. The maximum absolute atomic E-state index is 13.6. The Morgan fingerprint density at radius 3 is 2.32 bits per heavy atom. The van der Waals surface area contributed by atoms with Gasteiger partial charge < -0.3 is 5.32 Å². The Morgan fingerprint density at radius 2 is 1.79 bits per heavy atom. The second kappa shape index (κ2) is 5.40. The zero-order valence-corrected chi connectivity index (χ0v) is 10.9. The number of hydrogen-bond acceptors (Lipinski definition) is 4. The molecule has 2 atom stereocenters. The summed E-state index contributed by atoms with van der Waals surface area (Å²) < 4.78 is 28.8. The van der Waals surface area contributed by atoms with Crippen LogP contribution in [0.2, 0.25) is 0 Å². The lowest BCUT2D eigenvalue weighted by atomic mass is 10.1. The Bertz CT molecular complexity index is 549. The molecule has 0 radical (unpaired) electrons. The molecule has 0 aliphatic heterocycles. The van der Waals surface area contributed by atoms with E-state index in [1.54, 1.807) is 14.0 Å². The molecule has 0 amide bonds. The first-order chi connectivity index (χ1) is 9.00. The normalized spacial score (nSPS) is 14.4. The Balaban J connectivity index is 2.18. The number of hydrogen-bond donors (Lipinski definition) is 1. The molecule has 1 heterocycles. The van der Waals surface area contributed by atoms with E-state index in [1.165, 1.54) is 22.9 Å². The molecule has 0 saturated carbocycles. The zero-order chi connectivity index (χ0) is 14.0. The Hall–Kier alpha value is -1.89. The average Bonchev–Trinajstić information content (AvgIpc) is 2.75. The average molecular weight is 267 g/mol. The Kier molecular flexibility index (Phi) is 3.84. The summed E-state index contributed by atoms with van der Waals surface area (Å²) in [6.07, 6.45) is 0. The first-order valence-corrected chi connectivity index (χ1v) is 5.93. The van der Waals surface area contributed by atoms with Crippen molar-refractivity contribution in [1.29, 1.82) is 0 Å². The van der Waals surface area contributed by atoms with E-state index >= 15 is 0 Å². The minimum atomic E-state index is -0.566. The van der Waals surface area contributed by atoms with Crippen LogP contribution in [0.25, 0.3) is 0 Å². The summed E-state index contributed by atoms with van der Waals surface area (Å²) >= 11 is 0. The summed E-state index contributed by atoms with van der Waals surface area (Å²) in [6.45, 7) is 3.53. The van der Waals surface area contributed by atoms with Crippen molar-refractivity contribution in [3.63, 3.8) is 0 Å². The van der Waals surface area contributed by atoms with Crippen molar-refractivity contribution in [2.75, 3.05) is 0 Å². The Labute approximate surface area is 109 Å². The van der Waals surface area contributed by atoms with Crippen molar-refractivity contribution < 1.29 is 8.78 Å². The van der Waals surface area contributed by atoms with Gasteiger partial charge in [-0.25, -0.2) is 13.5 Å². The van der Waals surface area contributed by atoms with Gasteiger partial charge in [-0.15, -0.1) is 5.10 Å². The highest BCUT2D eigenvalue weighted by Crippen LogP contribution is 2.22. The molecule has 0 saturated heterocycles. The number of tetrazole rings is 1. The fourth-order valence-electron chi connectivity index (χ4n) is 2.06. The van der Waals surface area contributed by atoms with E-state index in [2.05, 4.69) is 20.8 Å². The third-order valence-electron chi connectivity index (χ3n) is 2.97. The largest absolute Gasteiger partial charge is 0.301 e. The molecule has 19 heavy (non-hydrogen) atoms. The third-order valence-corrected chi connectivity index (χ3v) is 2.97. The van der Waals surface area contributed by atoms with Crippen LogP contribution in [0, 0.1) is 11.6 Å². The molecule has 0 spiro atoms. The van der Waals surface area contributed by atoms with Gasteiger partial charge in [-0.05, 0) is 36.4 Å². The van der Waals surface area contributed by atoms with E-state index in [-0.39, 0.29) is 11.6 Å². The standard InChI is InChI=1S/C12H15F2N5/c1-7(11-9(13)5-4-6-10(11)14)15-8(2)12-16-17-18-19(12)3/h4-8,15H,1-3H3/t7-,8-/m1/s1. The summed E-state index contributed by atoms with van der Waals surface area (Å²) in [5.41, 5.74) is 0.0180. The fourth-order valence-corrected chi connectivity index (χ4v) is 2.06. The molecule has 102 valence electrons. The van der Waals surface area contributed by atoms with Crippen LogP contribution in [0.3, 0.4) is 0 Å². The predicted molar refractivity (Wildman–Crippen MR) is 65.1 cm³/mol. The molecule has 1 aromatic carbocycles. The molecule has 2 aromatic rings. The van der Waals surface area contributed by atoms with Crippen LogP contribution in [-0.4, -0.2) is 20.2 Å². The number of halogens is 2. The highest BCUT2D eigenvalue weighted by molar-refractivity contribution is 5.23. The summed E-state index contributed by atoms with van der Waals surface area (Å²) in [4.78, 5) is 0. The molecule has 5 nitrogen and oxygen atoms in total. The second-order valence-corrected chi connectivity index (χ2v) is 4.41. The van der Waals surface area contributed by atoms with E-state index in [4.69, 9.17) is 0 Å². The van der Waals surface area contributed by atoms with E-state index in [1.807, 2.05) is 6.92 Å². The van der Waals surface area contributed by atoms with Gasteiger partial charge in [0.05, 0.1) is 6.04 Å². The third kappa shape index (κ3) is 2.76. The summed E-state index contributed by atoms with van der Waals surface area (Å²) in [6, 6.07) is 3.11. The smallest absolute Gasteiger partial charge is 0.167 e. The lowest BCUT2D eigenvalue weighted by Crippen LogP contribution is -2.26. The van der Waals surface area contributed by atoms with Gasteiger partial charge >= 0.3 is 0 Å². The lowest BCUT2D eigenvalue weighted by Gasteiger charge is -2.20. The molecule has 0 bridgehead atoms. The van der Waals surface area contributed by atoms with Crippen LogP contribution >= 0.6 is 0 Å². The van der Waals surface area contributed by atoms with E-state index in [9.17, 15) is 8.78 Å². The Morgan fingerprint density at radius 1 is 1.16 bits per heavy atom. The zero-order valence-electron chi connectivity index (χ0n) is 10.9. The second-order valence-electron chi connectivity index (χ2n) is 4.41. The SMILES string of the molecule is C[C@@H](N[C@H](C)c1nnnn1C)c1c(F)cccc1F. The van der Waals surface area contributed by atoms with E-state index in [0.717, 1.165) is 0 Å². The van der Waals surface area contributed by atoms with Crippen LogP contribution in [0.15, 0.2) is 18.2 Å². The number of nitrogens with one attached hydrogen (secondary N) is 1. The number of aryl methyl sites for hydroxylation is 1. The summed E-state index contributed by atoms with van der Waals surface area (Å²) in [5, 5.41) is 14.2. The number of rotatable bonds is 4. The van der Waals surface area contributed by atoms with Crippen LogP contribution in [0.4, 0.5) is 8.78 Å². The molecule has 0 unspecified atom stereocenters. The van der Waals surface area contributed by atoms with Crippen molar-refractivity contribution in [3.8, 4) is 0 Å². The van der Waals surface area contributed by atoms with Crippen LogP contribution in [0.5, 0.6) is 0 Å². The van der Waals surface area contributed by atoms with Gasteiger partial charge in [0.15, 0.2) is 5.82 Å². The first kappa shape index (κ1) is 13.5. The molecule has 0 fully saturated rings. The summed E-state index contributed by atoms with van der Waals surface area (Å²) in [7, 11) is 1.71. The molecule has 1 N–H and O–H groups in total. The summed E-state index contributed by atoms with van der Waals surface area (Å²) in [5.74, 6) is -0.532. The molecule has 1 aromatic heterocycles. The van der Waals surface area contributed by atoms with Crippen molar-refractivity contribution in [2.24, 2.45) is 7.05 Å². The quantitative estimate of drug-likeness (QED) is 0.919. The minimum absolute atomic E-state index is 0.0180. The van der Waals surface area contributed by atoms with E-state index in [0.29, 0.717) is 5.82 Å². The minimum Gasteiger partial charge on any atom is -0.301 e. The molecule has 2 rings (SSSR count). The number of aromatic nitrogens is 4. The van der Waals surface area contributed by atoms with Gasteiger partial charge in [-0.3, -0.25) is 0 Å². The predicted octanol–water partition coefficient (Wildman–Crippen LogP) is 1.90. The van der Waals surface area contributed by atoms with Crippen molar-refractivity contribution in [2.45, 2.75) is 25.9 Å². The van der Waals surface area contributed by atoms with Crippen molar-refractivity contribution in [3.05, 3.63) is 41.2 Å². The first-order valence-electron chi connectivity index (χ1n) is 5.93. The maximum Gasteiger partial charge on any atom is 0.167 e.